The topological polar surface area (TPSA) is 74.7 Å². The second kappa shape index (κ2) is 5.18. The summed E-state index contributed by atoms with van der Waals surface area (Å²) in [5.41, 5.74) is 0. The predicted octanol–water partition coefficient (Wildman–Crippen LogP) is 1.83. The van der Waals surface area contributed by atoms with Crippen LogP contribution in [0.2, 0.25) is 0 Å². The SMILES string of the molecule is O=C(O)[C@@H]1CCCN1S(=O)(=O)c1ccc(Br)cc1F. The molecule has 0 amide bonds. The third-order valence-corrected chi connectivity index (χ3v) is 5.40. The molecule has 19 heavy (non-hydrogen) atoms. The fraction of sp³-hybridized carbons (Fsp3) is 0.364. The number of hydrogen-bond acceptors (Lipinski definition) is 3. The zero-order chi connectivity index (χ0) is 14.2. The minimum absolute atomic E-state index is 0.0921. The van der Waals surface area contributed by atoms with Crippen LogP contribution in [0.15, 0.2) is 27.6 Å². The molecule has 1 heterocycles. The van der Waals surface area contributed by atoms with Gasteiger partial charge in [-0.3, -0.25) is 4.79 Å². The van der Waals surface area contributed by atoms with Gasteiger partial charge in [-0.05, 0) is 31.0 Å². The number of benzene rings is 1. The van der Waals surface area contributed by atoms with E-state index in [0.29, 0.717) is 10.9 Å². The number of aliphatic carboxylic acids is 1. The second-order valence-electron chi connectivity index (χ2n) is 4.19. The number of carbonyl (C=O) groups is 1. The minimum Gasteiger partial charge on any atom is -0.480 e. The van der Waals surface area contributed by atoms with Crippen molar-refractivity contribution in [2.75, 3.05) is 6.54 Å². The van der Waals surface area contributed by atoms with E-state index in [-0.39, 0.29) is 13.0 Å². The maximum absolute atomic E-state index is 13.7. The van der Waals surface area contributed by atoms with E-state index in [9.17, 15) is 17.6 Å². The molecule has 1 saturated heterocycles. The normalized spacial score (nSPS) is 20.6. The molecule has 0 unspecified atom stereocenters. The van der Waals surface area contributed by atoms with Crippen molar-refractivity contribution < 1.29 is 22.7 Å². The molecule has 0 saturated carbocycles. The Kier molecular flexibility index (Phi) is 3.93. The lowest BCUT2D eigenvalue weighted by Crippen LogP contribution is -2.40. The summed E-state index contributed by atoms with van der Waals surface area (Å²) >= 11 is 3.04. The van der Waals surface area contributed by atoms with Gasteiger partial charge in [0.2, 0.25) is 10.0 Å². The molecule has 0 spiro atoms. The molecule has 1 atom stereocenters. The van der Waals surface area contributed by atoms with Crippen molar-refractivity contribution in [2.24, 2.45) is 0 Å². The Morgan fingerprint density at radius 2 is 2.16 bits per heavy atom. The van der Waals surface area contributed by atoms with Crippen molar-refractivity contribution in [1.29, 1.82) is 0 Å². The lowest BCUT2D eigenvalue weighted by Gasteiger charge is -2.21. The fourth-order valence-corrected chi connectivity index (χ4v) is 4.12. The van der Waals surface area contributed by atoms with Crippen molar-refractivity contribution in [2.45, 2.75) is 23.8 Å². The molecule has 1 aromatic carbocycles. The molecule has 8 heteroatoms. The molecule has 1 N–H and O–H groups in total. The molecule has 0 aromatic heterocycles. The van der Waals surface area contributed by atoms with Gasteiger partial charge in [0, 0.05) is 11.0 Å². The lowest BCUT2D eigenvalue weighted by atomic mass is 10.2. The van der Waals surface area contributed by atoms with Gasteiger partial charge in [0.1, 0.15) is 16.8 Å². The number of halogens is 2. The molecule has 104 valence electrons. The van der Waals surface area contributed by atoms with Gasteiger partial charge in [-0.1, -0.05) is 15.9 Å². The summed E-state index contributed by atoms with van der Waals surface area (Å²) in [7, 11) is -4.12. The van der Waals surface area contributed by atoms with Crippen LogP contribution in [-0.4, -0.2) is 36.4 Å². The molecule has 5 nitrogen and oxygen atoms in total. The van der Waals surface area contributed by atoms with Crippen LogP contribution >= 0.6 is 15.9 Å². The maximum atomic E-state index is 13.7. The van der Waals surface area contributed by atoms with E-state index >= 15 is 0 Å². The number of sulfonamides is 1. The number of carboxylic acid groups (broad SMARTS) is 1. The van der Waals surface area contributed by atoms with E-state index in [2.05, 4.69) is 15.9 Å². The van der Waals surface area contributed by atoms with Gasteiger partial charge < -0.3 is 5.11 Å². The van der Waals surface area contributed by atoms with Crippen LogP contribution in [0.3, 0.4) is 0 Å². The highest BCUT2D eigenvalue weighted by molar-refractivity contribution is 9.10. The number of carboxylic acids is 1. The summed E-state index contributed by atoms with van der Waals surface area (Å²) in [5, 5.41) is 9.00. The molecule has 0 radical (unpaired) electrons. The van der Waals surface area contributed by atoms with Crippen molar-refractivity contribution in [1.82, 2.24) is 4.31 Å². The monoisotopic (exact) mass is 351 g/mol. The lowest BCUT2D eigenvalue weighted by molar-refractivity contribution is -0.140. The number of hydrogen-bond donors (Lipinski definition) is 1. The third-order valence-electron chi connectivity index (χ3n) is 2.97. The Morgan fingerprint density at radius 3 is 2.74 bits per heavy atom. The average Bonchev–Trinajstić information content (AvgIpc) is 2.77. The standard InChI is InChI=1S/C11H11BrFNO4S/c12-7-3-4-10(8(13)6-7)19(17,18)14-5-1-2-9(14)11(15)16/h3-4,6,9H,1-2,5H2,(H,15,16)/t9-/m0/s1. The quantitative estimate of drug-likeness (QED) is 0.901. The Balaban J connectivity index is 2.45. The van der Waals surface area contributed by atoms with Gasteiger partial charge in [0.05, 0.1) is 0 Å². The van der Waals surface area contributed by atoms with Crippen LogP contribution < -0.4 is 0 Å². The summed E-state index contributed by atoms with van der Waals surface area (Å²) in [6.07, 6.45) is 0.695. The van der Waals surface area contributed by atoms with E-state index in [1.165, 1.54) is 6.07 Å². The van der Waals surface area contributed by atoms with Crippen LogP contribution in [0.1, 0.15) is 12.8 Å². The highest BCUT2D eigenvalue weighted by Gasteiger charge is 2.40. The van der Waals surface area contributed by atoms with E-state index in [1.54, 1.807) is 0 Å². The summed E-state index contributed by atoms with van der Waals surface area (Å²) in [6.45, 7) is 0.0921. The van der Waals surface area contributed by atoms with E-state index in [4.69, 9.17) is 5.11 Å². The number of rotatable bonds is 3. The van der Waals surface area contributed by atoms with Crippen LogP contribution in [-0.2, 0) is 14.8 Å². The van der Waals surface area contributed by atoms with Gasteiger partial charge in [0.15, 0.2) is 0 Å². The summed E-state index contributed by atoms with van der Waals surface area (Å²) < 4.78 is 39.6. The Hall–Kier alpha value is -0.990. The first-order valence-corrected chi connectivity index (χ1v) is 7.77. The minimum atomic E-state index is -4.12. The highest BCUT2D eigenvalue weighted by Crippen LogP contribution is 2.28. The Morgan fingerprint density at radius 1 is 1.47 bits per heavy atom. The van der Waals surface area contributed by atoms with E-state index in [0.717, 1.165) is 16.4 Å². The van der Waals surface area contributed by atoms with Crippen LogP contribution in [0.5, 0.6) is 0 Å². The molecule has 2 rings (SSSR count). The van der Waals surface area contributed by atoms with Crippen LogP contribution in [0.4, 0.5) is 4.39 Å². The highest BCUT2D eigenvalue weighted by atomic mass is 79.9. The van der Waals surface area contributed by atoms with Crippen molar-refractivity contribution in [3.63, 3.8) is 0 Å². The number of nitrogens with zero attached hydrogens (tertiary/aromatic N) is 1. The molecule has 0 bridgehead atoms. The van der Waals surface area contributed by atoms with Crippen LogP contribution in [0.25, 0.3) is 0 Å². The molecule has 1 aromatic rings. The smallest absolute Gasteiger partial charge is 0.322 e. The molecule has 1 aliphatic rings. The van der Waals surface area contributed by atoms with Gasteiger partial charge >= 0.3 is 5.97 Å². The zero-order valence-electron chi connectivity index (χ0n) is 9.71. The van der Waals surface area contributed by atoms with Gasteiger partial charge in [-0.15, -0.1) is 0 Å². The summed E-state index contributed by atoms with van der Waals surface area (Å²) in [6, 6.07) is 2.46. The third kappa shape index (κ3) is 2.65. The molecular weight excluding hydrogens is 341 g/mol. The Bertz CT molecular complexity index is 619. The average molecular weight is 352 g/mol. The van der Waals surface area contributed by atoms with Crippen LogP contribution in [0, 0.1) is 5.82 Å². The molecule has 1 aliphatic heterocycles. The van der Waals surface area contributed by atoms with Crippen molar-refractivity contribution in [3.05, 3.63) is 28.5 Å². The predicted molar refractivity (Wildman–Crippen MR) is 68.6 cm³/mol. The summed E-state index contributed by atoms with van der Waals surface area (Å²) in [4.78, 5) is 10.5. The van der Waals surface area contributed by atoms with E-state index < -0.39 is 32.7 Å². The van der Waals surface area contributed by atoms with Gasteiger partial charge in [-0.25, -0.2) is 12.8 Å². The van der Waals surface area contributed by atoms with Crippen molar-refractivity contribution >= 4 is 31.9 Å². The zero-order valence-corrected chi connectivity index (χ0v) is 12.1. The first-order valence-electron chi connectivity index (χ1n) is 5.54. The molecule has 1 fully saturated rings. The maximum Gasteiger partial charge on any atom is 0.322 e. The molecular formula is C11H11BrFNO4S. The van der Waals surface area contributed by atoms with Crippen molar-refractivity contribution in [3.8, 4) is 0 Å². The summed E-state index contributed by atoms with van der Waals surface area (Å²) in [5.74, 6) is -2.11. The first-order chi connectivity index (χ1) is 8.84. The van der Waals surface area contributed by atoms with E-state index in [1.807, 2.05) is 0 Å². The first kappa shape index (κ1) is 14.4. The van der Waals surface area contributed by atoms with Gasteiger partial charge in [-0.2, -0.15) is 4.31 Å². The Labute approximate surface area is 118 Å². The second-order valence-corrected chi connectivity index (χ2v) is 6.96. The largest absolute Gasteiger partial charge is 0.480 e. The van der Waals surface area contributed by atoms with Gasteiger partial charge in [0.25, 0.3) is 0 Å². The fourth-order valence-electron chi connectivity index (χ4n) is 2.09. The molecule has 0 aliphatic carbocycles.